The molecular weight excluding hydrogens is 314 g/mol. The fraction of sp³-hybridized carbons (Fsp3) is 0.647. The van der Waals surface area contributed by atoms with Crippen molar-refractivity contribution in [3.8, 4) is 5.75 Å². The summed E-state index contributed by atoms with van der Waals surface area (Å²) in [4.78, 5) is 0. The lowest BCUT2D eigenvalue weighted by Gasteiger charge is -2.54. The highest BCUT2D eigenvalue weighted by molar-refractivity contribution is 9.10. The van der Waals surface area contributed by atoms with Gasteiger partial charge in [-0.15, -0.1) is 0 Å². The molecule has 0 bridgehead atoms. The lowest BCUT2D eigenvalue weighted by molar-refractivity contribution is -0.0759. The van der Waals surface area contributed by atoms with E-state index in [0.29, 0.717) is 17.6 Å². The van der Waals surface area contributed by atoms with Crippen LogP contribution in [-0.4, -0.2) is 18.7 Å². The van der Waals surface area contributed by atoms with E-state index >= 15 is 0 Å². The number of benzene rings is 1. The molecule has 1 aromatic carbocycles. The lowest BCUT2D eigenvalue weighted by atomic mass is 9.60. The first kappa shape index (κ1) is 14.4. The van der Waals surface area contributed by atoms with Crippen LogP contribution in [0.3, 0.4) is 0 Å². The van der Waals surface area contributed by atoms with Crippen molar-refractivity contribution in [2.45, 2.75) is 57.6 Å². The van der Waals surface area contributed by atoms with E-state index in [1.165, 1.54) is 32.1 Å². The van der Waals surface area contributed by atoms with Crippen LogP contribution < -0.4 is 10.1 Å². The Kier molecular flexibility index (Phi) is 4.37. The van der Waals surface area contributed by atoms with E-state index in [4.69, 9.17) is 4.74 Å². The van der Waals surface area contributed by atoms with E-state index in [-0.39, 0.29) is 0 Å². The summed E-state index contributed by atoms with van der Waals surface area (Å²) in [6.07, 6.45) is 8.17. The van der Waals surface area contributed by atoms with Gasteiger partial charge in [-0.05, 0) is 50.1 Å². The molecule has 3 rings (SSSR count). The SMILES string of the molecule is CCCNC1CC(Oc2ccc(Br)cc2)C12CCCC2. The van der Waals surface area contributed by atoms with E-state index in [0.717, 1.165) is 23.2 Å². The molecule has 20 heavy (non-hydrogen) atoms. The summed E-state index contributed by atoms with van der Waals surface area (Å²) >= 11 is 3.47. The van der Waals surface area contributed by atoms with Crippen LogP contribution in [0.2, 0.25) is 0 Å². The van der Waals surface area contributed by atoms with Crippen molar-refractivity contribution in [2.75, 3.05) is 6.54 Å². The van der Waals surface area contributed by atoms with Crippen LogP contribution in [0.1, 0.15) is 45.4 Å². The molecule has 0 amide bonds. The van der Waals surface area contributed by atoms with Crippen molar-refractivity contribution in [3.05, 3.63) is 28.7 Å². The van der Waals surface area contributed by atoms with Gasteiger partial charge in [0.05, 0.1) is 0 Å². The fourth-order valence-electron chi connectivity index (χ4n) is 3.90. The Bertz CT molecular complexity index is 439. The Labute approximate surface area is 130 Å². The second-order valence-electron chi connectivity index (χ2n) is 6.24. The number of rotatable bonds is 5. The molecule has 1 N–H and O–H groups in total. The lowest BCUT2D eigenvalue weighted by Crippen LogP contribution is -2.63. The number of nitrogens with one attached hydrogen (secondary N) is 1. The van der Waals surface area contributed by atoms with Crippen LogP contribution in [0.25, 0.3) is 0 Å². The summed E-state index contributed by atoms with van der Waals surface area (Å²) < 4.78 is 7.40. The van der Waals surface area contributed by atoms with Crippen molar-refractivity contribution in [1.29, 1.82) is 0 Å². The third kappa shape index (κ3) is 2.62. The summed E-state index contributed by atoms with van der Waals surface area (Å²) in [7, 11) is 0. The first-order valence-corrected chi connectivity index (χ1v) is 8.69. The molecule has 0 aliphatic heterocycles. The Morgan fingerprint density at radius 3 is 2.60 bits per heavy atom. The van der Waals surface area contributed by atoms with Crippen LogP contribution in [0, 0.1) is 5.41 Å². The van der Waals surface area contributed by atoms with Gasteiger partial charge >= 0.3 is 0 Å². The van der Waals surface area contributed by atoms with Crippen molar-refractivity contribution in [1.82, 2.24) is 5.32 Å². The molecular formula is C17H24BrNO. The van der Waals surface area contributed by atoms with Gasteiger partial charge in [0.25, 0.3) is 0 Å². The van der Waals surface area contributed by atoms with Gasteiger partial charge in [-0.2, -0.15) is 0 Å². The summed E-state index contributed by atoms with van der Waals surface area (Å²) in [5.74, 6) is 1.01. The quantitative estimate of drug-likeness (QED) is 0.852. The van der Waals surface area contributed by atoms with Crippen molar-refractivity contribution < 1.29 is 4.74 Å². The maximum absolute atomic E-state index is 6.29. The molecule has 2 unspecified atom stereocenters. The van der Waals surface area contributed by atoms with Crippen LogP contribution >= 0.6 is 15.9 Å². The van der Waals surface area contributed by atoms with Gasteiger partial charge in [0.15, 0.2) is 0 Å². The highest BCUT2D eigenvalue weighted by Crippen LogP contribution is 2.54. The molecule has 2 nitrogen and oxygen atoms in total. The molecule has 1 aromatic rings. The van der Waals surface area contributed by atoms with E-state index in [1.807, 2.05) is 0 Å². The maximum Gasteiger partial charge on any atom is 0.119 e. The Hall–Kier alpha value is -0.540. The van der Waals surface area contributed by atoms with E-state index in [2.05, 4.69) is 52.4 Å². The molecule has 0 saturated heterocycles. The zero-order chi connectivity index (χ0) is 14.0. The van der Waals surface area contributed by atoms with Gasteiger partial charge < -0.3 is 10.1 Å². The number of hydrogen-bond acceptors (Lipinski definition) is 2. The highest BCUT2D eigenvalue weighted by atomic mass is 79.9. The molecule has 110 valence electrons. The second kappa shape index (κ2) is 6.07. The van der Waals surface area contributed by atoms with E-state index in [9.17, 15) is 0 Å². The van der Waals surface area contributed by atoms with Crippen molar-refractivity contribution in [3.63, 3.8) is 0 Å². The summed E-state index contributed by atoms with van der Waals surface area (Å²) in [6, 6.07) is 8.92. The standard InChI is InChI=1S/C17H24BrNO/c1-2-11-19-15-12-16(17(15)9-3-4-10-17)20-14-7-5-13(18)6-8-14/h5-8,15-16,19H,2-4,9-12H2,1H3. The normalized spacial score (nSPS) is 27.5. The molecule has 2 saturated carbocycles. The minimum atomic E-state index is 0.403. The van der Waals surface area contributed by atoms with Crippen LogP contribution in [-0.2, 0) is 0 Å². The number of halogens is 1. The monoisotopic (exact) mass is 337 g/mol. The number of hydrogen-bond donors (Lipinski definition) is 1. The topological polar surface area (TPSA) is 21.3 Å². The predicted octanol–water partition coefficient (Wildman–Crippen LogP) is 4.53. The molecule has 2 fully saturated rings. The van der Waals surface area contributed by atoms with Crippen molar-refractivity contribution >= 4 is 15.9 Å². The molecule has 0 radical (unpaired) electrons. The number of ether oxygens (including phenoxy) is 1. The van der Waals surface area contributed by atoms with E-state index < -0.39 is 0 Å². The second-order valence-corrected chi connectivity index (χ2v) is 7.16. The van der Waals surface area contributed by atoms with Gasteiger partial charge in [0.1, 0.15) is 11.9 Å². The molecule has 0 aromatic heterocycles. The summed E-state index contributed by atoms with van der Waals surface area (Å²) in [5.41, 5.74) is 0.405. The Balaban J connectivity index is 1.66. The summed E-state index contributed by atoms with van der Waals surface area (Å²) in [6.45, 7) is 3.38. The van der Waals surface area contributed by atoms with Crippen molar-refractivity contribution in [2.24, 2.45) is 5.41 Å². The third-order valence-corrected chi connectivity index (χ3v) is 5.58. The maximum atomic E-state index is 6.29. The van der Waals surface area contributed by atoms with Gasteiger partial charge in [0.2, 0.25) is 0 Å². The van der Waals surface area contributed by atoms with Gasteiger partial charge in [-0.3, -0.25) is 0 Å². The van der Waals surface area contributed by atoms with Gasteiger partial charge in [-0.25, -0.2) is 0 Å². The highest BCUT2D eigenvalue weighted by Gasteiger charge is 2.57. The average Bonchev–Trinajstić information content (AvgIpc) is 2.96. The largest absolute Gasteiger partial charge is 0.490 e. The third-order valence-electron chi connectivity index (χ3n) is 5.05. The molecule has 2 aliphatic carbocycles. The van der Waals surface area contributed by atoms with Gasteiger partial charge in [0, 0.05) is 22.4 Å². The Morgan fingerprint density at radius 2 is 1.95 bits per heavy atom. The summed E-state index contributed by atoms with van der Waals surface area (Å²) in [5, 5.41) is 3.74. The molecule has 3 heteroatoms. The zero-order valence-electron chi connectivity index (χ0n) is 12.2. The zero-order valence-corrected chi connectivity index (χ0v) is 13.8. The van der Waals surface area contributed by atoms with Gasteiger partial charge in [-0.1, -0.05) is 35.7 Å². The first-order chi connectivity index (χ1) is 9.74. The molecule has 0 heterocycles. The molecule has 1 spiro atoms. The fourth-order valence-corrected chi connectivity index (χ4v) is 4.16. The minimum Gasteiger partial charge on any atom is -0.490 e. The van der Waals surface area contributed by atoms with Crippen LogP contribution in [0.5, 0.6) is 5.75 Å². The van der Waals surface area contributed by atoms with Crippen LogP contribution in [0.4, 0.5) is 0 Å². The Morgan fingerprint density at radius 1 is 1.25 bits per heavy atom. The predicted molar refractivity (Wildman–Crippen MR) is 86.2 cm³/mol. The smallest absolute Gasteiger partial charge is 0.119 e. The van der Waals surface area contributed by atoms with E-state index in [1.54, 1.807) is 0 Å². The minimum absolute atomic E-state index is 0.403. The van der Waals surface area contributed by atoms with Crippen LogP contribution in [0.15, 0.2) is 28.7 Å². The molecule has 2 atom stereocenters. The molecule has 2 aliphatic rings. The average molecular weight is 338 g/mol. The first-order valence-electron chi connectivity index (χ1n) is 7.90.